The Morgan fingerprint density at radius 1 is 1.34 bits per heavy atom. The molecule has 0 spiro atoms. The number of carbonyl (C=O) groups excluding carboxylic acids is 2. The zero-order chi connectivity index (χ0) is 24.7. The van der Waals surface area contributed by atoms with Gasteiger partial charge in [0, 0.05) is 28.9 Å². The summed E-state index contributed by atoms with van der Waals surface area (Å²) in [6, 6.07) is 6.68. The molecule has 5 rings (SSSR count). The van der Waals surface area contributed by atoms with Gasteiger partial charge in [0.2, 0.25) is 5.91 Å². The summed E-state index contributed by atoms with van der Waals surface area (Å²) in [6.45, 7) is 7.88. The van der Waals surface area contributed by atoms with E-state index in [9.17, 15) is 9.59 Å². The van der Waals surface area contributed by atoms with Gasteiger partial charge in [-0.3, -0.25) is 4.79 Å². The normalized spacial score (nSPS) is 23.7. The number of carbonyl (C=O) groups is 2. The van der Waals surface area contributed by atoms with Crippen molar-refractivity contribution in [3.8, 4) is 5.75 Å². The molecule has 3 N–H and O–H groups in total. The van der Waals surface area contributed by atoms with Crippen LogP contribution in [0.5, 0.6) is 5.75 Å². The summed E-state index contributed by atoms with van der Waals surface area (Å²) < 4.78 is 12.0. The Kier molecular flexibility index (Phi) is 5.98. The van der Waals surface area contributed by atoms with Crippen molar-refractivity contribution < 1.29 is 19.1 Å². The topological polar surface area (TPSA) is 102 Å². The van der Waals surface area contributed by atoms with E-state index < -0.39 is 0 Å². The van der Waals surface area contributed by atoms with Crippen LogP contribution in [0.2, 0.25) is 5.02 Å². The number of ether oxygens (including phenoxy) is 2. The molecule has 1 aromatic heterocycles. The minimum Gasteiger partial charge on any atom is -0.487 e. The molecule has 9 heteroatoms. The van der Waals surface area contributed by atoms with Crippen molar-refractivity contribution in [1.29, 1.82) is 0 Å². The molecular formula is C26H25ClN4O4. The number of aromatic nitrogens is 1. The van der Waals surface area contributed by atoms with Gasteiger partial charge in [-0.05, 0) is 67.8 Å². The van der Waals surface area contributed by atoms with E-state index in [4.69, 9.17) is 21.1 Å². The maximum Gasteiger partial charge on any atom is 0.319 e. The number of urea groups is 1. The monoisotopic (exact) mass is 492 g/mol. The van der Waals surface area contributed by atoms with Crippen LogP contribution in [-0.2, 0) is 16.0 Å². The maximum absolute atomic E-state index is 12.4. The van der Waals surface area contributed by atoms with Gasteiger partial charge in [0.15, 0.2) is 0 Å². The van der Waals surface area contributed by atoms with Crippen LogP contribution < -0.4 is 20.7 Å². The Labute approximate surface area is 208 Å². The number of nitrogens with one attached hydrogen (secondary N) is 3. The highest BCUT2D eigenvalue weighted by molar-refractivity contribution is 6.30. The smallest absolute Gasteiger partial charge is 0.319 e. The molecule has 3 aliphatic rings. The molecule has 0 unspecified atom stereocenters. The van der Waals surface area contributed by atoms with Gasteiger partial charge in [0.05, 0.1) is 12.0 Å². The largest absolute Gasteiger partial charge is 0.487 e. The quantitative estimate of drug-likeness (QED) is 0.517. The Bertz CT molecular complexity index is 1300. The molecule has 2 fully saturated rings. The number of nitrogens with zero attached hydrogens (tertiary/aromatic N) is 1. The molecule has 35 heavy (non-hydrogen) atoms. The van der Waals surface area contributed by atoms with Crippen molar-refractivity contribution in [3.63, 3.8) is 0 Å². The minimum absolute atomic E-state index is 0.0417. The highest BCUT2D eigenvalue weighted by Gasteiger charge is 2.60. The first-order valence-corrected chi connectivity index (χ1v) is 11.7. The van der Waals surface area contributed by atoms with Crippen LogP contribution in [0.15, 0.2) is 66.3 Å². The molecule has 180 valence electrons. The van der Waals surface area contributed by atoms with E-state index in [0.717, 1.165) is 16.7 Å². The lowest BCUT2D eigenvalue weighted by molar-refractivity contribution is -0.116. The summed E-state index contributed by atoms with van der Waals surface area (Å²) in [5.74, 6) is 2.56. The second-order valence-corrected chi connectivity index (χ2v) is 9.25. The van der Waals surface area contributed by atoms with E-state index in [2.05, 4.69) is 27.5 Å². The van der Waals surface area contributed by atoms with E-state index in [-0.39, 0.29) is 30.0 Å². The molecule has 1 saturated carbocycles. The van der Waals surface area contributed by atoms with Crippen LogP contribution in [0.1, 0.15) is 24.5 Å². The summed E-state index contributed by atoms with van der Waals surface area (Å²) in [5.41, 5.74) is 3.32. The summed E-state index contributed by atoms with van der Waals surface area (Å²) in [5, 5.41) is 9.20. The van der Waals surface area contributed by atoms with Gasteiger partial charge in [-0.15, -0.1) is 0 Å². The number of benzene rings is 1. The molecule has 1 aromatic carbocycles. The van der Waals surface area contributed by atoms with E-state index in [1.165, 1.54) is 0 Å². The third kappa shape index (κ3) is 4.74. The van der Waals surface area contributed by atoms with E-state index in [1.54, 1.807) is 30.5 Å². The fourth-order valence-corrected chi connectivity index (χ4v) is 4.61. The van der Waals surface area contributed by atoms with Gasteiger partial charge in [-0.25, -0.2) is 9.78 Å². The summed E-state index contributed by atoms with van der Waals surface area (Å²) in [4.78, 5) is 28.2. The Morgan fingerprint density at radius 2 is 2.17 bits per heavy atom. The zero-order valence-corrected chi connectivity index (χ0v) is 20.1. The molecule has 2 aromatic rings. The van der Waals surface area contributed by atoms with Gasteiger partial charge < -0.3 is 25.4 Å². The number of pyridine rings is 1. The van der Waals surface area contributed by atoms with E-state index in [0.29, 0.717) is 46.6 Å². The van der Waals surface area contributed by atoms with Gasteiger partial charge in [-0.2, -0.15) is 0 Å². The summed E-state index contributed by atoms with van der Waals surface area (Å²) in [7, 11) is 0. The van der Waals surface area contributed by atoms with Crippen LogP contribution in [0.25, 0.3) is 0 Å². The first-order chi connectivity index (χ1) is 16.8. The number of anilines is 2. The zero-order valence-electron chi connectivity index (χ0n) is 19.4. The molecule has 3 heterocycles. The van der Waals surface area contributed by atoms with Gasteiger partial charge >= 0.3 is 6.03 Å². The predicted molar refractivity (Wildman–Crippen MR) is 133 cm³/mol. The average molecular weight is 493 g/mol. The lowest BCUT2D eigenvalue weighted by atomic mass is 10.1. The number of hydrogen-bond donors (Lipinski definition) is 3. The predicted octanol–water partition coefficient (Wildman–Crippen LogP) is 4.87. The molecule has 3 atom stereocenters. The summed E-state index contributed by atoms with van der Waals surface area (Å²) >= 11 is 5.97. The highest BCUT2D eigenvalue weighted by atomic mass is 35.5. The van der Waals surface area contributed by atoms with E-state index >= 15 is 0 Å². The number of hydrogen-bond acceptors (Lipinski definition) is 5. The van der Waals surface area contributed by atoms with Crippen molar-refractivity contribution in [3.05, 3.63) is 82.4 Å². The molecule has 3 amide bonds. The molecule has 0 bridgehead atoms. The van der Waals surface area contributed by atoms with E-state index in [1.807, 2.05) is 26.0 Å². The van der Waals surface area contributed by atoms with Crippen LogP contribution in [0.3, 0.4) is 0 Å². The fourth-order valence-electron chi connectivity index (χ4n) is 4.38. The van der Waals surface area contributed by atoms with Crippen molar-refractivity contribution in [1.82, 2.24) is 10.3 Å². The Hall–Kier alpha value is -3.78. The van der Waals surface area contributed by atoms with Gasteiger partial charge in [0.25, 0.3) is 0 Å². The third-order valence-corrected chi connectivity index (χ3v) is 6.52. The number of aryl methyl sites for hydroxylation is 1. The standard InChI is InChI=1S/C26H25ClN4O4/c1-13-12-16(27)5-7-18(13)29-26(33)31-23-22-15(3)19(35-24(22)23)8-4-14(2)34-20-10-11-28-25-17(20)6-9-21(32)30-25/h4-5,7-8,10-12,22-24H,3,6,9H2,1-2H3,(H,28,30,32)(H2,29,31,33)/b14-4+,19-8+/t22-,23-,24-/m0/s1. The fraction of sp³-hybridized carbons (Fsp3) is 0.269. The molecule has 1 aliphatic carbocycles. The number of halogens is 1. The SMILES string of the molecule is C=C1/C(=C\C=C(/C)Oc2ccnc3c2CCC(=O)N3)O[C@@H]2[C@@H](NC(=O)Nc3ccc(Cl)cc3C)[C@H]12. The van der Waals surface area contributed by atoms with Gasteiger partial charge in [0.1, 0.15) is 29.2 Å². The first kappa shape index (κ1) is 23.0. The van der Waals surface area contributed by atoms with Crippen molar-refractivity contribution in [2.24, 2.45) is 5.92 Å². The highest BCUT2D eigenvalue weighted by Crippen LogP contribution is 2.50. The third-order valence-electron chi connectivity index (χ3n) is 6.28. The Morgan fingerprint density at radius 3 is 2.91 bits per heavy atom. The second kappa shape index (κ2) is 9.11. The van der Waals surface area contributed by atoms with Crippen molar-refractivity contribution in [2.75, 3.05) is 10.6 Å². The average Bonchev–Trinajstić information content (AvgIpc) is 3.37. The maximum atomic E-state index is 12.4. The second-order valence-electron chi connectivity index (χ2n) is 8.81. The number of amides is 3. The molecule has 1 saturated heterocycles. The van der Waals surface area contributed by atoms with Crippen molar-refractivity contribution in [2.45, 2.75) is 38.8 Å². The Balaban J connectivity index is 1.17. The van der Waals surface area contributed by atoms with Crippen LogP contribution >= 0.6 is 11.6 Å². The lowest BCUT2D eigenvalue weighted by Crippen LogP contribution is -2.34. The summed E-state index contributed by atoms with van der Waals surface area (Å²) in [6.07, 6.45) is 6.12. The van der Waals surface area contributed by atoms with Gasteiger partial charge in [-0.1, -0.05) is 18.2 Å². The van der Waals surface area contributed by atoms with Crippen LogP contribution in [0, 0.1) is 12.8 Å². The number of allylic oxidation sites excluding steroid dienone is 4. The molecular weight excluding hydrogens is 468 g/mol. The molecule has 2 aliphatic heterocycles. The molecule has 8 nitrogen and oxygen atoms in total. The number of rotatable bonds is 5. The lowest BCUT2D eigenvalue weighted by Gasteiger charge is -2.18. The van der Waals surface area contributed by atoms with Crippen LogP contribution in [0.4, 0.5) is 16.3 Å². The number of fused-ring (bicyclic) bond motifs is 2. The molecule has 0 radical (unpaired) electrons. The first-order valence-electron chi connectivity index (χ1n) is 11.3. The minimum atomic E-state index is -0.294. The van der Waals surface area contributed by atoms with Crippen molar-refractivity contribution >= 4 is 35.0 Å². The van der Waals surface area contributed by atoms with Crippen LogP contribution in [-0.4, -0.2) is 29.1 Å².